The third kappa shape index (κ3) is 4.39. The predicted molar refractivity (Wildman–Crippen MR) is 123 cm³/mol. The Morgan fingerprint density at radius 2 is 2.03 bits per heavy atom. The number of benzene rings is 1. The van der Waals surface area contributed by atoms with Crippen LogP contribution in [0.25, 0.3) is 10.9 Å². The minimum absolute atomic E-state index is 0.0322. The molecular weight excluding hydrogens is 404 g/mol. The molecule has 0 spiro atoms. The van der Waals surface area contributed by atoms with Crippen LogP contribution in [0.3, 0.4) is 0 Å². The maximum absolute atomic E-state index is 13.7. The van der Waals surface area contributed by atoms with Crippen molar-refractivity contribution in [1.82, 2.24) is 24.8 Å². The highest BCUT2D eigenvalue weighted by Crippen LogP contribution is 2.32. The second kappa shape index (κ2) is 9.30. The first-order valence-corrected chi connectivity index (χ1v) is 10.9. The van der Waals surface area contributed by atoms with E-state index in [0.717, 1.165) is 35.9 Å². The van der Waals surface area contributed by atoms with Gasteiger partial charge in [0.2, 0.25) is 5.91 Å². The van der Waals surface area contributed by atoms with Gasteiger partial charge in [0.15, 0.2) is 5.82 Å². The number of carbonyl (C=O) groups is 2. The van der Waals surface area contributed by atoms with E-state index in [1.807, 2.05) is 41.3 Å². The minimum Gasteiger partial charge on any atom is -0.373 e. The number of hydrogen-bond acceptors (Lipinski definition) is 6. The molecule has 0 saturated carbocycles. The number of fused-ring (bicyclic) bond motifs is 1. The average molecular weight is 433 g/mol. The molecule has 3 heterocycles. The lowest BCUT2D eigenvalue weighted by atomic mass is 9.98. The van der Waals surface area contributed by atoms with Crippen LogP contribution in [0.1, 0.15) is 54.1 Å². The molecule has 2 amide bonds. The molecule has 1 aromatic carbocycles. The molecular formula is C24H28N6O2. The summed E-state index contributed by atoms with van der Waals surface area (Å²) in [5, 5.41) is 3.93. The van der Waals surface area contributed by atoms with Crippen molar-refractivity contribution in [2.75, 3.05) is 26.0 Å². The third-order valence-electron chi connectivity index (χ3n) is 5.93. The van der Waals surface area contributed by atoms with Gasteiger partial charge in [0, 0.05) is 50.8 Å². The minimum atomic E-state index is -0.224. The van der Waals surface area contributed by atoms with Crippen molar-refractivity contribution >= 4 is 28.5 Å². The van der Waals surface area contributed by atoms with Crippen molar-refractivity contribution in [2.24, 2.45) is 0 Å². The van der Waals surface area contributed by atoms with E-state index in [2.05, 4.69) is 15.3 Å². The van der Waals surface area contributed by atoms with E-state index < -0.39 is 0 Å². The molecule has 8 nitrogen and oxygen atoms in total. The van der Waals surface area contributed by atoms with Gasteiger partial charge < -0.3 is 15.1 Å². The molecule has 0 radical (unpaired) electrons. The van der Waals surface area contributed by atoms with Crippen molar-refractivity contribution in [3.8, 4) is 0 Å². The first-order chi connectivity index (χ1) is 15.5. The summed E-state index contributed by atoms with van der Waals surface area (Å²) in [4.78, 5) is 42.7. The van der Waals surface area contributed by atoms with E-state index in [0.29, 0.717) is 30.3 Å². The predicted octanol–water partition coefficient (Wildman–Crippen LogP) is 3.41. The molecule has 3 aromatic rings. The first kappa shape index (κ1) is 21.7. The third-order valence-corrected chi connectivity index (χ3v) is 5.93. The monoisotopic (exact) mass is 432 g/mol. The van der Waals surface area contributed by atoms with Crippen molar-refractivity contribution in [1.29, 1.82) is 0 Å². The first-order valence-electron chi connectivity index (χ1n) is 10.9. The van der Waals surface area contributed by atoms with Crippen LogP contribution < -0.4 is 5.32 Å². The Kier molecular flexibility index (Phi) is 6.30. The van der Waals surface area contributed by atoms with Crippen molar-refractivity contribution in [2.45, 2.75) is 38.8 Å². The van der Waals surface area contributed by atoms with E-state index in [9.17, 15) is 9.59 Å². The summed E-state index contributed by atoms with van der Waals surface area (Å²) >= 11 is 0. The molecule has 1 N–H and O–H groups in total. The van der Waals surface area contributed by atoms with Crippen LogP contribution in [0.2, 0.25) is 0 Å². The summed E-state index contributed by atoms with van der Waals surface area (Å²) in [5.41, 5.74) is 2.18. The number of carbonyl (C=O) groups excluding carboxylic acids is 2. The number of piperidine rings is 1. The standard InChI is InChI=1S/C24H28N6O2/c1-16(31)29(3)15-17-14-22(25-2)28-23(27-17)21-11-4-5-13-30(21)24(32)19-8-6-10-20-18(19)9-7-12-26-20/h6-10,12,14,21H,4-5,11,13,15H2,1-3H3,(H,25,27,28). The smallest absolute Gasteiger partial charge is 0.255 e. The number of nitrogens with one attached hydrogen (secondary N) is 1. The summed E-state index contributed by atoms with van der Waals surface area (Å²) < 4.78 is 0. The quantitative estimate of drug-likeness (QED) is 0.664. The Hall–Kier alpha value is -3.55. The molecule has 1 aliphatic rings. The van der Waals surface area contributed by atoms with Gasteiger partial charge in [-0.2, -0.15) is 0 Å². The van der Waals surface area contributed by atoms with E-state index in [1.165, 1.54) is 6.92 Å². The molecule has 0 bridgehead atoms. The molecule has 1 fully saturated rings. The number of aromatic nitrogens is 3. The number of pyridine rings is 1. The zero-order valence-corrected chi connectivity index (χ0v) is 18.7. The maximum atomic E-state index is 13.7. The summed E-state index contributed by atoms with van der Waals surface area (Å²) in [5.74, 6) is 1.22. The normalized spacial score (nSPS) is 16.1. The van der Waals surface area contributed by atoms with Crippen LogP contribution in [-0.2, 0) is 11.3 Å². The Bertz CT molecular complexity index is 1140. The number of likely N-dealkylation sites (tertiary alicyclic amines) is 1. The molecule has 1 aliphatic heterocycles. The summed E-state index contributed by atoms with van der Waals surface area (Å²) in [6.45, 7) is 2.56. The summed E-state index contributed by atoms with van der Waals surface area (Å²) in [6, 6.07) is 11.0. The Morgan fingerprint density at radius 3 is 2.81 bits per heavy atom. The van der Waals surface area contributed by atoms with Crippen LogP contribution in [0.15, 0.2) is 42.6 Å². The van der Waals surface area contributed by atoms with Crippen LogP contribution in [-0.4, -0.2) is 57.2 Å². The lowest BCUT2D eigenvalue weighted by Crippen LogP contribution is -2.39. The highest BCUT2D eigenvalue weighted by atomic mass is 16.2. The number of anilines is 1. The zero-order chi connectivity index (χ0) is 22.7. The Morgan fingerprint density at radius 1 is 1.19 bits per heavy atom. The molecule has 32 heavy (non-hydrogen) atoms. The van der Waals surface area contributed by atoms with Crippen molar-refractivity contribution < 1.29 is 9.59 Å². The number of rotatable bonds is 5. The topological polar surface area (TPSA) is 91.3 Å². The SMILES string of the molecule is CNc1cc(CN(C)C(C)=O)nc(C2CCCCN2C(=O)c2cccc3ncccc23)n1. The molecule has 2 aromatic heterocycles. The molecule has 4 rings (SSSR count). The fourth-order valence-electron chi connectivity index (χ4n) is 4.12. The molecule has 8 heteroatoms. The molecule has 166 valence electrons. The average Bonchev–Trinajstić information content (AvgIpc) is 2.83. The maximum Gasteiger partial charge on any atom is 0.255 e. The second-order valence-corrected chi connectivity index (χ2v) is 8.11. The van der Waals surface area contributed by atoms with Gasteiger partial charge in [-0.25, -0.2) is 9.97 Å². The molecule has 0 aliphatic carbocycles. The van der Waals surface area contributed by atoms with E-state index in [4.69, 9.17) is 4.98 Å². The van der Waals surface area contributed by atoms with Crippen molar-refractivity contribution in [3.05, 3.63) is 59.7 Å². The number of amides is 2. The molecule has 1 saturated heterocycles. The van der Waals surface area contributed by atoms with Crippen LogP contribution in [0.5, 0.6) is 0 Å². The van der Waals surface area contributed by atoms with Gasteiger partial charge in [-0.05, 0) is 37.5 Å². The summed E-state index contributed by atoms with van der Waals surface area (Å²) in [7, 11) is 3.55. The van der Waals surface area contributed by atoms with E-state index in [-0.39, 0.29) is 17.9 Å². The lowest BCUT2D eigenvalue weighted by Gasteiger charge is -2.35. The Labute approximate surface area is 187 Å². The van der Waals surface area contributed by atoms with E-state index in [1.54, 1.807) is 25.2 Å². The van der Waals surface area contributed by atoms with Gasteiger partial charge in [0.05, 0.1) is 23.8 Å². The van der Waals surface area contributed by atoms with Gasteiger partial charge >= 0.3 is 0 Å². The van der Waals surface area contributed by atoms with Crippen LogP contribution >= 0.6 is 0 Å². The van der Waals surface area contributed by atoms with Gasteiger partial charge in [-0.15, -0.1) is 0 Å². The lowest BCUT2D eigenvalue weighted by molar-refractivity contribution is -0.128. The number of hydrogen-bond donors (Lipinski definition) is 1. The van der Waals surface area contributed by atoms with Gasteiger partial charge in [-0.3, -0.25) is 14.6 Å². The van der Waals surface area contributed by atoms with Crippen molar-refractivity contribution in [3.63, 3.8) is 0 Å². The number of nitrogens with zero attached hydrogens (tertiary/aromatic N) is 5. The highest BCUT2D eigenvalue weighted by molar-refractivity contribution is 6.06. The zero-order valence-electron chi connectivity index (χ0n) is 18.7. The van der Waals surface area contributed by atoms with Gasteiger partial charge in [-0.1, -0.05) is 12.1 Å². The summed E-state index contributed by atoms with van der Waals surface area (Å²) in [6.07, 6.45) is 4.47. The fraction of sp³-hybridized carbons (Fsp3) is 0.375. The van der Waals surface area contributed by atoms with Gasteiger partial charge in [0.1, 0.15) is 5.82 Å². The van der Waals surface area contributed by atoms with E-state index >= 15 is 0 Å². The van der Waals surface area contributed by atoms with Gasteiger partial charge in [0.25, 0.3) is 5.91 Å². The largest absolute Gasteiger partial charge is 0.373 e. The highest BCUT2D eigenvalue weighted by Gasteiger charge is 2.32. The Balaban J connectivity index is 1.70. The molecule has 1 atom stereocenters. The second-order valence-electron chi connectivity index (χ2n) is 8.11. The molecule has 1 unspecified atom stereocenters. The fourth-order valence-corrected chi connectivity index (χ4v) is 4.12. The van der Waals surface area contributed by atoms with Crippen LogP contribution in [0, 0.1) is 0 Å². The van der Waals surface area contributed by atoms with Crippen LogP contribution in [0.4, 0.5) is 5.82 Å².